The van der Waals surface area contributed by atoms with Crippen molar-refractivity contribution in [1.29, 1.82) is 0 Å². The highest BCUT2D eigenvalue weighted by Crippen LogP contribution is 2.38. The van der Waals surface area contributed by atoms with Crippen LogP contribution in [0.5, 0.6) is 0 Å². The minimum absolute atomic E-state index is 0.292. The van der Waals surface area contributed by atoms with Crippen LogP contribution < -0.4 is 0 Å². The van der Waals surface area contributed by atoms with E-state index in [0.29, 0.717) is 11.1 Å². The predicted molar refractivity (Wildman–Crippen MR) is 122 cm³/mol. The van der Waals surface area contributed by atoms with Crippen LogP contribution in [0.4, 0.5) is 0 Å². The van der Waals surface area contributed by atoms with Gasteiger partial charge in [0.25, 0.3) is 0 Å². The smallest absolute Gasteiger partial charge is 0.192 e. The third-order valence-corrected chi connectivity index (χ3v) is 10.5. The molecule has 0 aromatic carbocycles. The summed E-state index contributed by atoms with van der Waals surface area (Å²) in [7, 11) is -1.69. The van der Waals surface area contributed by atoms with Gasteiger partial charge >= 0.3 is 0 Å². The number of rotatable bonds is 16. The summed E-state index contributed by atoms with van der Waals surface area (Å²) in [5, 5.41) is 0.292. The number of allylic oxidation sites excluding steroid dienone is 2. The first-order chi connectivity index (χ1) is 12.1. The van der Waals surface area contributed by atoms with Crippen molar-refractivity contribution >= 4 is 8.32 Å². The lowest BCUT2D eigenvalue weighted by Crippen LogP contribution is -2.44. The van der Waals surface area contributed by atoms with Gasteiger partial charge in [-0.3, -0.25) is 0 Å². The van der Waals surface area contributed by atoms with Gasteiger partial charge in [0.2, 0.25) is 0 Å². The molecule has 0 fully saturated rings. The van der Waals surface area contributed by atoms with Crippen molar-refractivity contribution < 1.29 is 4.43 Å². The van der Waals surface area contributed by atoms with Crippen LogP contribution in [0.3, 0.4) is 0 Å². The molecule has 0 aliphatic rings. The third-order valence-electron chi connectivity index (χ3n) is 5.98. The minimum atomic E-state index is -1.69. The lowest BCUT2D eigenvalue weighted by Gasteiger charge is -2.40. The van der Waals surface area contributed by atoms with Crippen molar-refractivity contribution in [2.75, 3.05) is 0 Å². The molecule has 0 spiro atoms. The summed E-state index contributed by atoms with van der Waals surface area (Å²) in [6, 6.07) is 0. The van der Waals surface area contributed by atoms with E-state index in [4.69, 9.17) is 4.43 Å². The van der Waals surface area contributed by atoms with Crippen LogP contribution >= 0.6 is 0 Å². The summed E-state index contributed by atoms with van der Waals surface area (Å²) in [5.41, 5.74) is 0. The Hall–Kier alpha value is -0.343. The maximum Gasteiger partial charge on any atom is 0.192 e. The van der Waals surface area contributed by atoms with Gasteiger partial charge in [-0.25, -0.2) is 0 Å². The molecule has 154 valence electrons. The highest BCUT2D eigenvalue weighted by molar-refractivity contribution is 6.74. The van der Waals surface area contributed by atoms with Crippen molar-refractivity contribution in [3.05, 3.63) is 25.3 Å². The Morgan fingerprint density at radius 2 is 1.38 bits per heavy atom. The molecule has 2 atom stereocenters. The zero-order valence-electron chi connectivity index (χ0n) is 18.9. The summed E-state index contributed by atoms with van der Waals surface area (Å²) >= 11 is 0. The number of hydrogen-bond donors (Lipinski definition) is 0. The molecule has 0 N–H and O–H groups in total. The third kappa shape index (κ3) is 12.1. The van der Waals surface area contributed by atoms with Crippen LogP contribution in [0.2, 0.25) is 18.1 Å². The fourth-order valence-electron chi connectivity index (χ4n) is 3.16. The van der Waals surface area contributed by atoms with E-state index in [2.05, 4.69) is 53.9 Å². The van der Waals surface area contributed by atoms with Crippen molar-refractivity contribution in [2.24, 2.45) is 5.92 Å². The molecule has 1 unspecified atom stereocenters. The molecule has 26 heavy (non-hydrogen) atoms. The maximum atomic E-state index is 6.81. The molecule has 0 amide bonds. The normalized spacial score (nSPS) is 14.8. The Kier molecular flexibility index (Phi) is 13.6. The van der Waals surface area contributed by atoms with E-state index in [-0.39, 0.29) is 0 Å². The van der Waals surface area contributed by atoms with E-state index in [1.54, 1.807) is 0 Å². The summed E-state index contributed by atoms with van der Waals surface area (Å²) in [6.45, 7) is 21.9. The first kappa shape index (κ1) is 25.7. The van der Waals surface area contributed by atoms with Crippen LogP contribution in [0.1, 0.15) is 98.3 Å². The zero-order valence-corrected chi connectivity index (χ0v) is 19.9. The SMILES string of the molecule is C=CCCCCCCCCC(C[C@H](C)CCC=C)O[Si](C)(C)C(C)(C)C. The molecule has 1 nitrogen and oxygen atoms in total. The monoisotopic (exact) mass is 380 g/mol. The summed E-state index contributed by atoms with van der Waals surface area (Å²) in [4.78, 5) is 0. The Bertz CT molecular complexity index is 367. The molecular formula is C24H48OSi. The second-order valence-electron chi connectivity index (χ2n) is 9.69. The molecule has 0 rings (SSSR count). The quantitative estimate of drug-likeness (QED) is 0.148. The van der Waals surface area contributed by atoms with E-state index < -0.39 is 8.32 Å². The maximum absolute atomic E-state index is 6.81. The largest absolute Gasteiger partial charge is 0.414 e. The average Bonchev–Trinajstić information content (AvgIpc) is 2.53. The van der Waals surface area contributed by atoms with E-state index in [1.165, 1.54) is 64.2 Å². The molecule has 0 saturated carbocycles. The summed E-state index contributed by atoms with van der Waals surface area (Å²) in [5.74, 6) is 0.724. The lowest BCUT2D eigenvalue weighted by molar-refractivity contribution is 0.138. The van der Waals surface area contributed by atoms with Gasteiger partial charge < -0.3 is 4.43 Å². The highest BCUT2D eigenvalue weighted by atomic mass is 28.4. The van der Waals surface area contributed by atoms with Gasteiger partial charge in [0.15, 0.2) is 8.32 Å². The Morgan fingerprint density at radius 1 is 0.846 bits per heavy atom. The van der Waals surface area contributed by atoms with Gasteiger partial charge in [0, 0.05) is 6.10 Å². The standard InChI is InChI=1S/C24H48OSi/c1-9-11-13-14-15-16-17-18-20-23(21-22(3)19-12-10-2)25-26(7,8)24(4,5)6/h9-10,22-23H,1-2,11-21H2,3-8H3/t22-,23?/m1/s1. The molecule has 0 heterocycles. The molecule has 0 aromatic heterocycles. The molecule has 0 bridgehead atoms. The van der Waals surface area contributed by atoms with Crippen LogP contribution in [0, 0.1) is 5.92 Å². The van der Waals surface area contributed by atoms with Gasteiger partial charge in [-0.05, 0) is 62.6 Å². The van der Waals surface area contributed by atoms with Gasteiger partial charge in [-0.1, -0.05) is 72.0 Å². The first-order valence-corrected chi connectivity index (χ1v) is 13.9. The minimum Gasteiger partial charge on any atom is -0.414 e. The molecule has 0 radical (unpaired) electrons. The molecule has 0 aromatic rings. The number of unbranched alkanes of at least 4 members (excludes halogenated alkanes) is 6. The average molecular weight is 381 g/mol. The molecule has 0 aliphatic heterocycles. The topological polar surface area (TPSA) is 9.23 Å². The number of hydrogen-bond acceptors (Lipinski definition) is 1. The van der Waals surface area contributed by atoms with Crippen LogP contribution in [-0.4, -0.2) is 14.4 Å². The predicted octanol–water partition coefficient (Wildman–Crippen LogP) is 8.68. The van der Waals surface area contributed by atoms with Crippen molar-refractivity contribution in [3.8, 4) is 0 Å². The first-order valence-electron chi connectivity index (χ1n) is 11.0. The van der Waals surface area contributed by atoms with E-state index in [1.807, 2.05) is 12.2 Å². The van der Waals surface area contributed by atoms with Gasteiger partial charge in [0.1, 0.15) is 0 Å². The Labute approximate surface area is 166 Å². The van der Waals surface area contributed by atoms with E-state index in [9.17, 15) is 0 Å². The fraction of sp³-hybridized carbons (Fsp3) is 0.833. The Balaban J connectivity index is 4.40. The van der Waals surface area contributed by atoms with Gasteiger partial charge in [-0.15, -0.1) is 13.2 Å². The van der Waals surface area contributed by atoms with E-state index in [0.717, 1.165) is 12.3 Å². The Morgan fingerprint density at radius 3 is 1.92 bits per heavy atom. The molecule has 0 saturated heterocycles. The van der Waals surface area contributed by atoms with Crippen molar-refractivity contribution in [2.45, 2.75) is 123 Å². The van der Waals surface area contributed by atoms with Crippen LogP contribution in [0.25, 0.3) is 0 Å². The van der Waals surface area contributed by atoms with E-state index >= 15 is 0 Å². The van der Waals surface area contributed by atoms with Crippen LogP contribution in [0.15, 0.2) is 25.3 Å². The summed E-state index contributed by atoms with van der Waals surface area (Å²) in [6.07, 6.45) is 18.6. The van der Waals surface area contributed by atoms with Gasteiger partial charge in [-0.2, -0.15) is 0 Å². The molecule has 0 aliphatic carbocycles. The van der Waals surface area contributed by atoms with Crippen molar-refractivity contribution in [3.63, 3.8) is 0 Å². The van der Waals surface area contributed by atoms with Crippen molar-refractivity contribution in [1.82, 2.24) is 0 Å². The zero-order chi connectivity index (χ0) is 20.1. The van der Waals surface area contributed by atoms with Crippen LogP contribution in [-0.2, 0) is 4.43 Å². The highest BCUT2D eigenvalue weighted by Gasteiger charge is 2.39. The molecule has 2 heteroatoms. The van der Waals surface area contributed by atoms with Gasteiger partial charge in [0.05, 0.1) is 0 Å². The second-order valence-corrected chi connectivity index (χ2v) is 14.5. The summed E-state index contributed by atoms with van der Waals surface area (Å²) < 4.78 is 6.81. The second kappa shape index (κ2) is 13.8. The molecular weight excluding hydrogens is 332 g/mol. The lowest BCUT2D eigenvalue weighted by atomic mass is 9.95. The fourth-order valence-corrected chi connectivity index (χ4v) is 4.56.